The second-order valence-corrected chi connectivity index (χ2v) is 5.21. The summed E-state index contributed by atoms with van der Waals surface area (Å²) in [5.74, 6) is 0.548. The lowest BCUT2D eigenvalue weighted by Crippen LogP contribution is -2.13. The fraction of sp³-hybridized carbons (Fsp3) is 0.353. The van der Waals surface area contributed by atoms with Crippen LogP contribution in [0.5, 0.6) is 11.5 Å². The number of carboxylic acid groups (broad SMARTS) is 1. The first-order chi connectivity index (χ1) is 10.0. The van der Waals surface area contributed by atoms with Gasteiger partial charge in [0.25, 0.3) is 0 Å². The number of ether oxygens (including phenoxy) is 2. The van der Waals surface area contributed by atoms with Crippen LogP contribution in [0.15, 0.2) is 42.5 Å². The van der Waals surface area contributed by atoms with Crippen molar-refractivity contribution >= 4 is 5.97 Å². The first-order valence-electron chi connectivity index (χ1n) is 6.95. The zero-order valence-electron chi connectivity index (χ0n) is 12.3. The van der Waals surface area contributed by atoms with Crippen molar-refractivity contribution in [3.05, 3.63) is 48.1 Å². The van der Waals surface area contributed by atoms with Crippen LogP contribution in [0.1, 0.15) is 31.7 Å². The second kappa shape index (κ2) is 6.48. The minimum atomic E-state index is -0.810. The highest BCUT2D eigenvalue weighted by Gasteiger charge is 2.26. The molecule has 1 aromatic carbocycles. The maximum Gasteiger partial charge on any atom is 0.304 e. The average molecular weight is 288 g/mol. The average Bonchev–Trinajstić information content (AvgIpc) is 2.81. The van der Waals surface area contributed by atoms with E-state index in [1.165, 1.54) is 0 Å². The quantitative estimate of drug-likeness (QED) is 0.813. The Morgan fingerprint density at radius 3 is 3.05 bits per heavy atom. The van der Waals surface area contributed by atoms with Crippen molar-refractivity contribution in [1.82, 2.24) is 0 Å². The van der Waals surface area contributed by atoms with Crippen molar-refractivity contribution in [1.29, 1.82) is 0 Å². The molecule has 0 spiro atoms. The topological polar surface area (TPSA) is 55.8 Å². The van der Waals surface area contributed by atoms with E-state index in [0.29, 0.717) is 12.4 Å². The molecule has 1 aromatic rings. The summed E-state index contributed by atoms with van der Waals surface area (Å²) in [6.45, 7) is 8.04. The summed E-state index contributed by atoms with van der Waals surface area (Å²) < 4.78 is 11.4. The van der Waals surface area contributed by atoms with E-state index < -0.39 is 5.97 Å². The molecule has 0 aromatic heterocycles. The molecule has 4 heteroatoms. The maximum absolute atomic E-state index is 10.8. The number of rotatable bonds is 6. The number of allylic oxidation sites excluding steroid dienone is 2. The van der Waals surface area contributed by atoms with Gasteiger partial charge in [-0.2, -0.15) is 0 Å². The van der Waals surface area contributed by atoms with Crippen molar-refractivity contribution in [3.8, 4) is 11.5 Å². The fourth-order valence-corrected chi connectivity index (χ4v) is 2.33. The molecule has 1 aliphatic rings. The van der Waals surface area contributed by atoms with Crippen LogP contribution in [0.25, 0.3) is 0 Å². The number of carbonyl (C=O) groups is 1. The first-order valence-corrected chi connectivity index (χ1v) is 6.95. The van der Waals surface area contributed by atoms with Crippen molar-refractivity contribution < 1.29 is 19.4 Å². The largest absolute Gasteiger partial charge is 0.492 e. The number of benzene rings is 1. The monoisotopic (exact) mass is 288 g/mol. The molecule has 2 atom stereocenters. The molecule has 112 valence electrons. The van der Waals surface area contributed by atoms with Gasteiger partial charge in [-0.05, 0) is 25.5 Å². The molecule has 2 unspecified atom stereocenters. The summed E-state index contributed by atoms with van der Waals surface area (Å²) in [4.78, 5) is 10.8. The Morgan fingerprint density at radius 2 is 2.38 bits per heavy atom. The van der Waals surface area contributed by atoms with Crippen LogP contribution < -0.4 is 9.47 Å². The van der Waals surface area contributed by atoms with Gasteiger partial charge in [0.2, 0.25) is 0 Å². The Hall–Kier alpha value is -2.23. The Morgan fingerprint density at radius 1 is 1.62 bits per heavy atom. The van der Waals surface area contributed by atoms with Gasteiger partial charge in [-0.1, -0.05) is 24.8 Å². The highest BCUT2D eigenvalue weighted by molar-refractivity contribution is 5.68. The standard InChI is InChI=1S/C17H20O4/c1-4-5-11(2)12(3)21-14-6-7-15-13(8-17(18)19)10-20-16(15)9-14/h4-7,9,12-13H,1,8,10H2,2-3H3,(H,18,19). The van der Waals surface area contributed by atoms with Crippen LogP contribution >= 0.6 is 0 Å². The molecule has 1 heterocycles. The predicted molar refractivity (Wildman–Crippen MR) is 81.0 cm³/mol. The van der Waals surface area contributed by atoms with Crippen LogP contribution in [0.2, 0.25) is 0 Å². The number of hydrogen-bond donors (Lipinski definition) is 1. The van der Waals surface area contributed by atoms with E-state index in [2.05, 4.69) is 6.58 Å². The van der Waals surface area contributed by atoms with E-state index >= 15 is 0 Å². The van der Waals surface area contributed by atoms with Gasteiger partial charge in [0, 0.05) is 17.5 Å². The molecule has 0 saturated carbocycles. The summed E-state index contributed by atoms with van der Waals surface area (Å²) >= 11 is 0. The molecule has 0 saturated heterocycles. The summed E-state index contributed by atoms with van der Waals surface area (Å²) in [7, 11) is 0. The predicted octanol–water partition coefficient (Wildman–Crippen LogP) is 3.54. The summed E-state index contributed by atoms with van der Waals surface area (Å²) in [5, 5.41) is 8.89. The zero-order valence-corrected chi connectivity index (χ0v) is 12.3. The van der Waals surface area contributed by atoms with Gasteiger partial charge in [0.05, 0.1) is 13.0 Å². The van der Waals surface area contributed by atoms with Gasteiger partial charge in [0.1, 0.15) is 17.6 Å². The molecule has 0 aliphatic carbocycles. The van der Waals surface area contributed by atoms with Crippen molar-refractivity contribution in [2.75, 3.05) is 6.61 Å². The molecule has 1 N–H and O–H groups in total. The van der Waals surface area contributed by atoms with Crippen molar-refractivity contribution in [2.45, 2.75) is 32.3 Å². The highest BCUT2D eigenvalue weighted by atomic mass is 16.5. The molecule has 4 nitrogen and oxygen atoms in total. The third kappa shape index (κ3) is 3.66. The number of hydrogen-bond acceptors (Lipinski definition) is 3. The van der Waals surface area contributed by atoms with E-state index in [1.807, 2.05) is 38.1 Å². The van der Waals surface area contributed by atoms with E-state index in [9.17, 15) is 4.79 Å². The Bertz CT molecular complexity index is 574. The number of carboxylic acids is 1. The van der Waals surface area contributed by atoms with Crippen LogP contribution in [0, 0.1) is 0 Å². The van der Waals surface area contributed by atoms with E-state index in [1.54, 1.807) is 6.08 Å². The molecular weight excluding hydrogens is 268 g/mol. The molecule has 1 aliphatic heterocycles. The number of aliphatic carboxylic acids is 1. The van der Waals surface area contributed by atoms with Crippen molar-refractivity contribution in [2.24, 2.45) is 0 Å². The summed E-state index contributed by atoms with van der Waals surface area (Å²) in [6.07, 6.45) is 3.68. The van der Waals surface area contributed by atoms with E-state index in [4.69, 9.17) is 14.6 Å². The van der Waals surface area contributed by atoms with Gasteiger partial charge >= 0.3 is 5.97 Å². The Kier molecular flexibility index (Phi) is 4.68. The lowest BCUT2D eigenvalue weighted by Gasteiger charge is -2.16. The van der Waals surface area contributed by atoms with Crippen LogP contribution in [-0.4, -0.2) is 23.8 Å². The van der Waals surface area contributed by atoms with Gasteiger partial charge in [0.15, 0.2) is 0 Å². The molecule has 0 radical (unpaired) electrons. The van der Waals surface area contributed by atoms with Crippen LogP contribution in [0.4, 0.5) is 0 Å². The molecular formula is C17H20O4. The minimum absolute atomic E-state index is 0.0581. The second-order valence-electron chi connectivity index (χ2n) is 5.21. The van der Waals surface area contributed by atoms with Gasteiger partial charge in [-0.15, -0.1) is 0 Å². The van der Waals surface area contributed by atoms with E-state index in [-0.39, 0.29) is 18.4 Å². The third-order valence-electron chi connectivity index (χ3n) is 3.62. The van der Waals surface area contributed by atoms with Gasteiger partial charge in [-0.3, -0.25) is 4.79 Å². The maximum atomic E-state index is 10.8. The number of fused-ring (bicyclic) bond motifs is 1. The lowest BCUT2D eigenvalue weighted by molar-refractivity contribution is -0.137. The normalized spacial score (nSPS) is 18.6. The third-order valence-corrected chi connectivity index (χ3v) is 3.62. The summed E-state index contributed by atoms with van der Waals surface area (Å²) in [6, 6.07) is 5.58. The molecule has 0 amide bonds. The molecule has 0 bridgehead atoms. The van der Waals surface area contributed by atoms with Gasteiger partial charge in [-0.25, -0.2) is 0 Å². The van der Waals surface area contributed by atoms with Crippen LogP contribution in [0.3, 0.4) is 0 Å². The first kappa shape index (κ1) is 15.2. The minimum Gasteiger partial charge on any atom is -0.492 e. The smallest absolute Gasteiger partial charge is 0.304 e. The molecule has 0 fully saturated rings. The van der Waals surface area contributed by atoms with Gasteiger partial charge < -0.3 is 14.6 Å². The molecule has 21 heavy (non-hydrogen) atoms. The molecule has 2 rings (SSSR count). The van der Waals surface area contributed by atoms with E-state index in [0.717, 1.165) is 16.9 Å². The Balaban J connectivity index is 2.10. The fourth-order valence-electron chi connectivity index (χ4n) is 2.33. The summed E-state index contributed by atoms with van der Waals surface area (Å²) in [5.41, 5.74) is 2.02. The van der Waals surface area contributed by atoms with Crippen molar-refractivity contribution in [3.63, 3.8) is 0 Å². The SMILES string of the molecule is C=CC=C(C)C(C)Oc1ccc2c(c1)OCC2CC(=O)O. The Labute approximate surface area is 124 Å². The lowest BCUT2D eigenvalue weighted by atomic mass is 9.98. The zero-order chi connectivity index (χ0) is 15.4. The highest BCUT2D eigenvalue weighted by Crippen LogP contribution is 2.38. The van der Waals surface area contributed by atoms with Crippen LogP contribution in [-0.2, 0) is 4.79 Å².